The van der Waals surface area contributed by atoms with Crippen LogP contribution in [0.1, 0.15) is 36.7 Å². The number of thioether (sulfide) groups is 1. The molecule has 4 rings (SSSR count). The molecule has 6 nitrogen and oxygen atoms in total. The van der Waals surface area contributed by atoms with Gasteiger partial charge in [0, 0.05) is 39.8 Å². The molecule has 2 aliphatic rings. The van der Waals surface area contributed by atoms with E-state index in [0.29, 0.717) is 39.0 Å². The number of carboxylic acids is 1. The fraction of sp³-hybridized carbons (Fsp3) is 0.222. The molecule has 0 unspecified atom stereocenters. The third-order valence-corrected chi connectivity index (χ3v) is 6.66. The molecule has 34 heavy (non-hydrogen) atoms. The first-order valence-electron chi connectivity index (χ1n) is 10.7. The zero-order chi connectivity index (χ0) is 24.6. The molecular formula is C27H24O6S. The van der Waals surface area contributed by atoms with Crippen molar-refractivity contribution in [1.82, 2.24) is 0 Å². The molecule has 0 saturated heterocycles. The van der Waals surface area contributed by atoms with Crippen LogP contribution in [0.2, 0.25) is 0 Å². The lowest BCUT2D eigenvalue weighted by atomic mass is 9.89. The number of phenolic OH excluding ortho intramolecular Hbond substituents is 1. The third-order valence-electron chi connectivity index (χ3n) is 5.33. The Morgan fingerprint density at radius 2 is 1.71 bits per heavy atom. The molecule has 7 heteroatoms. The fourth-order valence-corrected chi connectivity index (χ4v) is 4.52. The van der Waals surface area contributed by atoms with Gasteiger partial charge in [0.25, 0.3) is 0 Å². The maximum atomic E-state index is 12.5. The number of ketones is 1. The number of hydrogen-bond donors (Lipinski definition) is 2. The van der Waals surface area contributed by atoms with Gasteiger partial charge in [-0.1, -0.05) is 32.9 Å². The van der Waals surface area contributed by atoms with E-state index < -0.39 is 5.97 Å². The minimum absolute atomic E-state index is 0.0136. The van der Waals surface area contributed by atoms with Gasteiger partial charge in [-0.05, 0) is 41.5 Å². The summed E-state index contributed by atoms with van der Waals surface area (Å²) in [7, 11) is 0. The van der Waals surface area contributed by atoms with E-state index in [1.165, 1.54) is 30.3 Å². The van der Waals surface area contributed by atoms with Gasteiger partial charge >= 0.3 is 5.97 Å². The van der Waals surface area contributed by atoms with Crippen LogP contribution in [0.15, 0.2) is 63.8 Å². The second-order valence-electron chi connectivity index (χ2n) is 9.12. The molecule has 1 aliphatic carbocycles. The number of aromatic hydroxyl groups is 1. The highest BCUT2D eigenvalue weighted by molar-refractivity contribution is 8.01. The molecule has 1 aliphatic heterocycles. The number of carboxylic acid groups (broad SMARTS) is 1. The summed E-state index contributed by atoms with van der Waals surface area (Å²) in [6.07, 6.45) is 0.142. The lowest BCUT2D eigenvalue weighted by Gasteiger charge is -2.18. The van der Waals surface area contributed by atoms with E-state index in [4.69, 9.17) is 4.42 Å². The Balaban J connectivity index is 1.85. The SMILES string of the molecule is CC(C)(C)SCC(=O)Cc1ccc(-c2c3ccc(=O)cc-3oc3cc(O)ccc23)c(C(=O)O)c1. The molecule has 2 aromatic carbocycles. The number of hydrogen-bond acceptors (Lipinski definition) is 6. The first-order chi connectivity index (χ1) is 16.0. The van der Waals surface area contributed by atoms with Crippen molar-refractivity contribution in [2.24, 2.45) is 0 Å². The Labute approximate surface area is 200 Å². The summed E-state index contributed by atoms with van der Waals surface area (Å²) in [5, 5.41) is 20.5. The van der Waals surface area contributed by atoms with E-state index in [1.54, 1.807) is 36.0 Å². The van der Waals surface area contributed by atoms with E-state index in [0.717, 1.165) is 0 Å². The molecule has 0 atom stereocenters. The number of phenols is 1. The van der Waals surface area contributed by atoms with Crippen LogP contribution in [0.4, 0.5) is 0 Å². The summed E-state index contributed by atoms with van der Waals surface area (Å²) in [6.45, 7) is 6.12. The predicted molar refractivity (Wildman–Crippen MR) is 134 cm³/mol. The van der Waals surface area contributed by atoms with Crippen LogP contribution in [-0.2, 0) is 11.2 Å². The van der Waals surface area contributed by atoms with Crippen molar-refractivity contribution in [1.29, 1.82) is 0 Å². The number of carbonyl (C=O) groups is 2. The largest absolute Gasteiger partial charge is 0.508 e. The summed E-state index contributed by atoms with van der Waals surface area (Å²) in [5.74, 6) is -0.480. The van der Waals surface area contributed by atoms with Gasteiger partial charge in [0.1, 0.15) is 22.9 Å². The van der Waals surface area contributed by atoms with Gasteiger partial charge in [0.05, 0.1) is 11.3 Å². The van der Waals surface area contributed by atoms with Crippen molar-refractivity contribution in [3.05, 3.63) is 75.9 Å². The molecule has 2 aromatic rings. The Hall–Kier alpha value is -3.58. The lowest BCUT2D eigenvalue weighted by molar-refractivity contribution is -0.116. The second kappa shape index (κ2) is 8.99. The number of Topliss-reactive ketones (excluding diaryl/α,β-unsaturated/α-hetero) is 1. The number of aromatic carboxylic acids is 1. The highest BCUT2D eigenvalue weighted by Crippen LogP contribution is 2.42. The summed E-state index contributed by atoms with van der Waals surface area (Å²) >= 11 is 1.55. The normalized spacial score (nSPS) is 11.7. The predicted octanol–water partition coefficient (Wildman–Crippen LogP) is 5.61. The summed E-state index contributed by atoms with van der Waals surface area (Å²) in [5.41, 5.74) is 2.32. The molecular weight excluding hydrogens is 452 g/mol. The second-order valence-corrected chi connectivity index (χ2v) is 10.9. The van der Waals surface area contributed by atoms with Crippen molar-refractivity contribution < 1.29 is 24.2 Å². The molecule has 2 N–H and O–H groups in total. The molecule has 0 spiro atoms. The van der Waals surface area contributed by atoms with Crippen LogP contribution >= 0.6 is 11.8 Å². The molecule has 174 valence electrons. The van der Waals surface area contributed by atoms with Crippen molar-refractivity contribution >= 4 is 34.5 Å². The molecule has 0 bridgehead atoms. The molecule has 0 fully saturated rings. The van der Waals surface area contributed by atoms with Crippen LogP contribution < -0.4 is 5.43 Å². The Morgan fingerprint density at radius 1 is 0.971 bits per heavy atom. The summed E-state index contributed by atoms with van der Waals surface area (Å²) in [6, 6.07) is 13.9. The first kappa shape index (κ1) is 23.6. The van der Waals surface area contributed by atoms with E-state index in [9.17, 15) is 24.6 Å². The highest BCUT2D eigenvalue weighted by atomic mass is 32.2. The van der Waals surface area contributed by atoms with Crippen molar-refractivity contribution in [3.8, 4) is 28.2 Å². The minimum atomic E-state index is -1.13. The van der Waals surface area contributed by atoms with Crippen molar-refractivity contribution in [3.63, 3.8) is 0 Å². The number of benzene rings is 3. The number of carbonyl (C=O) groups excluding carboxylic acids is 1. The van der Waals surface area contributed by atoms with Crippen molar-refractivity contribution in [2.45, 2.75) is 31.9 Å². The minimum Gasteiger partial charge on any atom is -0.508 e. The van der Waals surface area contributed by atoms with Crippen LogP contribution in [0.5, 0.6) is 5.75 Å². The zero-order valence-corrected chi connectivity index (χ0v) is 19.9. The Bertz CT molecular complexity index is 1440. The number of fused-ring (bicyclic) bond motifs is 2. The number of rotatable bonds is 6. The standard InChI is InChI=1S/C27H24O6S/c1-27(2,3)34-14-18(30)10-15-4-7-19(22(11-15)26(31)32)25-20-8-5-16(28)12-23(20)33-24-13-17(29)6-9-21(24)25/h4-9,11-13,28H,10,14H2,1-3H3,(H,31,32). The van der Waals surface area contributed by atoms with Gasteiger partial charge in [-0.3, -0.25) is 9.59 Å². The smallest absolute Gasteiger partial charge is 0.336 e. The third kappa shape index (κ3) is 4.99. The molecule has 1 heterocycles. The monoisotopic (exact) mass is 476 g/mol. The molecule has 0 amide bonds. The molecule has 0 saturated carbocycles. The average Bonchev–Trinajstić information content (AvgIpc) is 2.75. The van der Waals surface area contributed by atoms with E-state index in [-0.39, 0.29) is 39.5 Å². The average molecular weight is 477 g/mol. The van der Waals surface area contributed by atoms with Gasteiger partial charge in [-0.2, -0.15) is 0 Å². The highest BCUT2D eigenvalue weighted by Gasteiger charge is 2.23. The van der Waals surface area contributed by atoms with E-state index in [2.05, 4.69) is 0 Å². The summed E-state index contributed by atoms with van der Waals surface area (Å²) < 4.78 is 5.81. The van der Waals surface area contributed by atoms with Crippen LogP contribution in [0.25, 0.3) is 33.4 Å². The van der Waals surface area contributed by atoms with E-state index >= 15 is 0 Å². The Kier molecular flexibility index (Phi) is 6.23. The van der Waals surface area contributed by atoms with Crippen molar-refractivity contribution in [2.75, 3.05) is 5.75 Å². The molecule has 0 radical (unpaired) electrons. The van der Waals surface area contributed by atoms with Gasteiger partial charge in [0.2, 0.25) is 0 Å². The van der Waals surface area contributed by atoms with Gasteiger partial charge < -0.3 is 14.6 Å². The molecule has 0 aromatic heterocycles. The van der Waals surface area contributed by atoms with E-state index in [1.807, 2.05) is 20.8 Å². The van der Waals surface area contributed by atoms with Crippen LogP contribution in [0.3, 0.4) is 0 Å². The fourth-order valence-electron chi connectivity index (χ4n) is 3.82. The van der Waals surface area contributed by atoms with Gasteiger partial charge in [-0.25, -0.2) is 4.79 Å². The lowest BCUT2D eigenvalue weighted by Crippen LogP contribution is -2.14. The van der Waals surface area contributed by atoms with Crippen LogP contribution in [-0.4, -0.2) is 32.5 Å². The van der Waals surface area contributed by atoms with Gasteiger partial charge in [-0.15, -0.1) is 11.8 Å². The first-order valence-corrected chi connectivity index (χ1v) is 11.7. The topological polar surface area (TPSA) is 105 Å². The zero-order valence-electron chi connectivity index (χ0n) is 19.0. The summed E-state index contributed by atoms with van der Waals surface area (Å²) in [4.78, 5) is 36.7. The quantitative estimate of drug-likeness (QED) is 0.348. The maximum absolute atomic E-state index is 12.5. The van der Waals surface area contributed by atoms with Crippen LogP contribution in [0, 0.1) is 0 Å². The maximum Gasteiger partial charge on any atom is 0.336 e. The Morgan fingerprint density at radius 3 is 2.41 bits per heavy atom. The van der Waals surface area contributed by atoms with Gasteiger partial charge in [0.15, 0.2) is 5.43 Å².